The molecule has 3 aromatic rings. The number of nitrogens with zero attached hydrogens (tertiary/aromatic N) is 4. The third kappa shape index (κ3) is 4.95. The molecular weight excluding hydrogens is 358 g/mol. The molecule has 0 aliphatic heterocycles. The van der Waals surface area contributed by atoms with Crippen molar-refractivity contribution in [3.8, 4) is 5.82 Å². The number of carbonyl (C=O) groups excluding carboxylic acids is 1. The Bertz CT molecular complexity index is 951. The van der Waals surface area contributed by atoms with Crippen molar-refractivity contribution in [1.29, 1.82) is 0 Å². The van der Waals surface area contributed by atoms with Gasteiger partial charge in [0.2, 0.25) is 5.91 Å². The molecule has 0 aliphatic carbocycles. The Morgan fingerprint density at radius 2 is 2.00 bits per heavy atom. The average molecular weight is 382 g/mol. The van der Waals surface area contributed by atoms with Gasteiger partial charge in [-0.05, 0) is 43.5 Å². The lowest BCUT2D eigenvalue weighted by atomic mass is 10.0. The number of hydrogen-bond acceptors (Lipinski definition) is 5. The highest BCUT2D eigenvalue weighted by Gasteiger charge is 2.09. The van der Waals surface area contributed by atoms with E-state index < -0.39 is 0 Å². The molecule has 0 unspecified atom stereocenters. The van der Waals surface area contributed by atoms with Gasteiger partial charge in [-0.1, -0.05) is 37.7 Å². The lowest BCUT2D eigenvalue weighted by Crippen LogP contribution is -2.14. The molecule has 27 heavy (non-hydrogen) atoms. The van der Waals surface area contributed by atoms with Crippen molar-refractivity contribution < 1.29 is 4.79 Å². The first kappa shape index (κ1) is 19.1. The number of anilines is 1. The normalized spacial score (nSPS) is 11.0. The van der Waals surface area contributed by atoms with E-state index in [1.54, 1.807) is 4.68 Å². The van der Waals surface area contributed by atoms with E-state index in [-0.39, 0.29) is 11.7 Å². The summed E-state index contributed by atoms with van der Waals surface area (Å²) in [7, 11) is 0. The molecule has 1 aromatic carbocycles. The molecule has 7 heteroatoms. The van der Waals surface area contributed by atoms with Gasteiger partial charge in [-0.2, -0.15) is 5.10 Å². The topological polar surface area (TPSA) is 72.7 Å². The number of hydrogen-bond donors (Lipinski definition) is 1. The molecule has 2 heterocycles. The van der Waals surface area contributed by atoms with Gasteiger partial charge in [0.1, 0.15) is 11.4 Å². The number of aryl methyl sites for hydroxylation is 2. The van der Waals surface area contributed by atoms with Crippen LogP contribution in [-0.4, -0.2) is 31.4 Å². The van der Waals surface area contributed by atoms with E-state index in [1.165, 1.54) is 23.7 Å². The highest BCUT2D eigenvalue weighted by atomic mass is 32.2. The van der Waals surface area contributed by atoms with Crippen molar-refractivity contribution >= 4 is 23.4 Å². The molecule has 0 spiro atoms. The zero-order valence-corrected chi connectivity index (χ0v) is 16.7. The SMILES string of the molecule is Cc1cc(C)n(-c2cc(SCC(=O)Nc3cccc(C(C)C)c3)ncn2)n1. The van der Waals surface area contributed by atoms with E-state index in [0.29, 0.717) is 11.7 Å². The summed E-state index contributed by atoms with van der Waals surface area (Å²) >= 11 is 1.38. The van der Waals surface area contributed by atoms with Crippen LogP contribution in [0.5, 0.6) is 0 Å². The third-order valence-electron chi connectivity index (χ3n) is 4.04. The maximum atomic E-state index is 12.3. The zero-order chi connectivity index (χ0) is 19.4. The summed E-state index contributed by atoms with van der Waals surface area (Å²) in [5, 5.41) is 8.11. The fourth-order valence-electron chi connectivity index (χ4n) is 2.70. The molecule has 0 fully saturated rings. The van der Waals surface area contributed by atoms with Gasteiger partial charge in [0, 0.05) is 17.4 Å². The second kappa shape index (κ2) is 8.35. The van der Waals surface area contributed by atoms with Crippen molar-refractivity contribution in [2.75, 3.05) is 11.1 Å². The minimum Gasteiger partial charge on any atom is -0.325 e. The van der Waals surface area contributed by atoms with E-state index in [9.17, 15) is 4.79 Å². The minimum absolute atomic E-state index is 0.0628. The summed E-state index contributed by atoms with van der Waals surface area (Å²) in [6.07, 6.45) is 1.50. The number of benzene rings is 1. The van der Waals surface area contributed by atoms with Crippen molar-refractivity contribution in [2.24, 2.45) is 0 Å². The Morgan fingerprint density at radius 3 is 2.70 bits per heavy atom. The summed E-state index contributed by atoms with van der Waals surface area (Å²) in [6, 6.07) is 11.8. The monoisotopic (exact) mass is 381 g/mol. The molecule has 0 saturated heterocycles. The number of aromatic nitrogens is 4. The Kier molecular flexibility index (Phi) is 5.91. The predicted octanol–water partition coefficient (Wildman–Crippen LogP) is 4.13. The predicted molar refractivity (Wildman–Crippen MR) is 109 cm³/mol. The molecule has 0 bridgehead atoms. The molecule has 3 rings (SSSR count). The Balaban J connectivity index is 1.63. The van der Waals surface area contributed by atoms with E-state index >= 15 is 0 Å². The van der Waals surface area contributed by atoms with Gasteiger partial charge < -0.3 is 5.32 Å². The van der Waals surface area contributed by atoms with Crippen molar-refractivity contribution in [3.63, 3.8) is 0 Å². The summed E-state index contributed by atoms with van der Waals surface area (Å²) < 4.78 is 1.78. The summed E-state index contributed by atoms with van der Waals surface area (Å²) in [5.74, 6) is 1.33. The molecule has 140 valence electrons. The minimum atomic E-state index is -0.0628. The number of carbonyl (C=O) groups is 1. The van der Waals surface area contributed by atoms with E-state index in [4.69, 9.17) is 0 Å². The fourth-order valence-corrected chi connectivity index (χ4v) is 3.36. The van der Waals surface area contributed by atoms with Crippen LogP contribution in [0.3, 0.4) is 0 Å². The van der Waals surface area contributed by atoms with Crippen LogP contribution in [0.4, 0.5) is 5.69 Å². The molecule has 0 atom stereocenters. The summed E-state index contributed by atoms with van der Waals surface area (Å²) in [6.45, 7) is 8.19. The van der Waals surface area contributed by atoms with Crippen LogP contribution in [0.15, 0.2) is 47.8 Å². The van der Waals surface area contributed by atoms with Crippen molar-refractivity contribution in [1.82, 2.24) is 19.7 Å². The van der Waals surface area contributed by atoms with Crippen LogP contribution in [0.1, 0.15) is 36.7 Å². The largest absolute Gasteiger partial charge is 0.325 e. The van der Waals surface area contributed by atoms with E-state index in [1.807, 2.05) is 44.2 Å². The molecule has 1 amide bonds. The van der Waals surface area contributed by atoms with Gasteiger partial charge in [-0.15, -0.1) is 0 Å². The highest BCUT2D eigenvalue weighted by molar-refractivity contribution is 7.99. The molecular formula is C20H23N5OS. The van der Waals surface area contributed by atoms with Crippen LogP contribution in [-0.2, 0) is 4.79 Å². The van der Waals surface area contributed by atoms with Gasteiger partial charge in [0.25, 0.3) is 0 Å². The third-order valence-corrected chi connectivity index (χ3v) is 4.97. The number of amides is 1. The highest BCUT2D eigenvalue weighted by Crippen LogP contribution is 2.20. The van der Waals surface area contributed by atoms with Crippen molar-refractivity contribution in [3.05, 3.63) is 59.7 Å². The number of rotatable bonds is 6. The first-order valence-electron chi connectivity index (χ1n) is 8.80. The van der Waals surface area contributed by atoms with Crippen LogP contribution >= 0.6 is 11.8 Å². The molecule has 0 radical (unpaired) electrons. The van der Waals surface area contributed by atoms with E-state index in [0.717, 1.165) is 22.1 Å². The van der Waals surface area contributed by atoms with Crippen molar-refractivity contribution in [2.45, 2.75) is 38.6 Å². The second-order valence-electron chi connectivity index (χ2n) is 6.67. The van der Waals surface area contributed by atoms with Gasteiger partial charge >= 0.3 is 0 Å². The van der Waals surface area contributed by atoms with Gasteiger partial charge in [0.15, 0.2) is 5.82 Å². The first-order chi connectivity index (χ1) is 12.9. The maximum Gasteiger partial charge on any atom is 0.234 e. The lowest BCUT2D eigenvalue weighted by Gasteiger charge is -2.09. The average Bonchev–Trinajstić information content (AvgIpc) is 2.99. The molecule has 1 N–H and O–H groups in total. The van der Waals surface area contributed by atoms with Gasteiger partial charge in [-0.25, -0.2) is 14.6 Å². The zero-order valence-electron chi connectivity index (χ0n) is 15.9. The quantitative estimate of drug-likeness (QED) is 0.513. The van der Waals surface area contributed by atoms with Crippen LogP contribution < -0.4 is 5.32 Å². The van der Waals surface area contributed by atoms with Crippen LogP contribution in [0.2, 0.25) is 0 Å². The summed E-state index contributed by atoms with van der Waals surface area (Å²) in [4.78, 5) is 20.8. The molecule has 6 nitrogen and oxygen atoms in total. The molecule has 0 aliphatic rings. The summed E-state index contributed by atoms with van der Waals surface area (Å²) in [5.41, 5.74) is 3.96. The molecule has 2 aromatic heterocycles. The lowest BCUT2D eigenvalue weighted by molar-refractivity contribution is -0.113. The Morgan fingerprint density at radius 1 is 1.19 bits per heavy atom. The van der Waals surface area contributed by atoms with Gasteiger partial charge in [-0.3, -0.25) is 4.79 Å². The standard InChI is InChI=1S/C20H23N5OS/c1-13(2)16-6-5-7-17(9-16)23-19(26)11-27-20-10-18(21-12-22-20)25-15(4)8-14(3)24-25/h5-10,12-13H,11H2,1-4H3,(H,23,26). The smallest absolute Gasteiger partial charge is 0.234 e. The number of thioether (sulfide) groups is 1. The van der Waals surface area contributed by atoms with Crippen LogP contribution in [0, 0.1) is 13.8 Å². The second-order valence-corrected chi connectivity index (χ2v) is 7.67. The Hall–Kier alpha value is -2.67. The van der Waals surface area contributed by atoms with E-state index in [2.05, 4.69) is 40.3 Å². The van der Waals surface area contributed by atoms with Crippen LogP contribution in [0.25, 0.3) is 5.82 Å². The maximum absolute atomic E-state index is 12.3. The number of nitrogens with one attached hydrogen (secondary N) is 1. The Labute approximate surface area is 163 Å². The van der Waals surface area contributed by atoms with Gasteiger partial charge in [0.05, 0.1) is 11.4 Å². The fraction of sp³-hybridized carbons (Fsp3) is 0.300. The first-order valence-corrected chi connectivity index (χ1v) is 9.79. The molecule has 0 saturated carbocycles.